The Labute approximate surface area is 149 Å². The number of rotatable bonds is 4. The molecule has 3 rings (SSSR count). The molecule has 1 heterocycles. The van der Waals surface area contributed by atoms with Gasteiger partial charge in [0.1, 0.15) is 5.75 Å². The summed E-state index contributed by atoms with van der Waals surface area (Å²) in [5.74, 6) is -0.0750. The zero-order chi connectivity index (χ0) is 17.1. The quantitative estimate of drug-likeness (QED) is 0.379. The van der Waals surface area contributed by atoms with Crippen LogP contribution in [0.2, 0.25) is 0 Å². The fraction of sp³-hybridized carbons (Fsp3) is 0. The average Bonchev–Trinajstić information content (AvgIpc) is 3.03. The molecule has 1 N–H and O–H groups in total. The van der Waals surface area contributed by atoms with Gasteiger partial charge < -0.3 is 5.11 Å². The second kappa shape index (κ2) is 6.90. The highest BCUT2D eigenvalue weighted by Gasteiger charge is 2.09. The number of benzene rings is 2. The Hall–Kier alpha value is -2.58. The van der Waals surface area contributed by atoms with Gasteiger partial charge in [-0.1, -0.05) is 28.1 Å². The van der Waals surface area contributed by atoms with Crippen LogP contribution in [-0.4, -0.2) is 21.2 Å². The summed E-state index contributed by atoms with van der Waals surface area (Å²) in [5.41, 5.74) is 1.92. The molecule has 3 aromatic rings. The van der Waals surface area contributed by atoms with E-state index in [9.17, 15) is 15.2 Å². The smallest absolute Gasteiger partial charge is 0.270 e. The first kappa shape index (κ1) is 16.3. The third kappa shape index (κ3) is 3.66. The largest absolute Gasteiger partial charge is 0.507 e. The number of nitrogens with zero attached hydrogens (tertiary/aromatic N) is 3. The fourth-order valence-corrected chi connectivity index (χ4v) is 2.90. The molecule has 0 saturated heterocycles. The van der Waals surface area contributed by atoms with Gasteiger partial charge in [0.25, 0.3) is 5.69 Å². The van der Waals surface area contributed by atoms with Crippen molar-refractivity contribution in [2.75, 3.05) is 0 Å². The number of thiazole rings is 1. The SMILES string of the molecule is O=[N+]([O-])c1ccc(O)c(C=Nc2nc(-c3ccc(Br)cc3)cs2)c1. The van der Waals surface area contributed by atoms with Crippen LogP contribution >= 0.6 is 27.3 Å². The summed E-state index contributed by atoms with van der Waals surface area (Å²) in [7, 11) is 0. The number of halogens is 1. The highest BCUT2D eigenvalue weighted by atomic mass is 79.9. The van der Waals surface area contributed by atoms with E-state index in [1.165, 1.54) is 35.8 Å². The summed E-state index contributed by atoms with van der Waals surface area (Å²) in [6, 6.07) is 11.5. The van der Waals surface area contributed by atoms with Crippen molar-refractivity contribution in [1.82, 2.24) is 4.98 Å². The minimum absolute atomic E-state index is 0.0750. The van der Waals surface area contributed by atoms with E-state index in [1.807, 2.05) is 29.6 Å². The van der Waals surface area contributed by atoms with Crippen LogP contribution in [0.4, 0.5) is 10.8 Å². The van der Waals surface area contributed by atoms with E-state index < -0.39 is 4.92 Å². The van der Waals surface area contributed by atoms with Crippen molar-refractivity contribution in [3.05, 3.63) is 68.0 Å². The highest BCUT2D eigenvalue weighted by molar-refractivity contribution is 9.10. The van der Waals surface area contributed by atoms with Gasteiger partial charge in [0.05, 0.1) is 10.6 Å². The molecular weight excluding hydrogens is 394 g/mol. The van der Waals surface area contributed by atoms with E-state index in [4.69, 9.17) is 0 Å². The van der Waals surface area contributed by atoms with E-state index >= 15 is 0 Å². The number of hydrogen-bond donors (Lipinski definition) is 1. The van der Waals surface area contributed by atoms with Crippen molar-refractivity contribution < 1.29 is 10.0 Å². The van der Waals surface area contributed by atoms with Gasteiger partial charge in [0.15, 0.2) is 0 Å². The van der Waals surface area contributed by atoms with Gasteiger partial charge in [-0.2, -0.15) is 0 Å². The molecule has 0 atom stereocenters. The number of nitro groups is 1. The topological polar surface area (TPSA) is 88.6 Å². The Morgan fingerprint density at radius 3 is 2.71 bits per heavy atom. The molecular formula is C16H10BrN3O3S. The molecule has 6 nitrogen and oxygen atoms in total. The van der Waals surface area contributed by atoms with Gasteiger partial charge >= 0.3 is 0 Å². The van der Waals surface area contributed by atoms with Gasteiger partial charge in [-0.05, 0) is 18.2 Å². The third-order valence-electron chi connectivity index (χ3n) is 3.17. The van der Waals surface area contributed by atoms with Crippen molar-refractivity contribution in [2.45, 2.75) is 0 Å². The molecule has 0 aliphatic heterocycles. The molecule has 0 fully saturated rings. The molecule has 0 unspecified atom stereocenters. The van der Waals surface area contributed by atoms with Crippen molar-refractivity contribution in [3.8, 4) is 17.0 Å². The summed E-state index contributed by atoms with van der Waals surface area (Å²) in [6.07, 6.45) is 1.37. The molecule has 24 heavy (non-hydrogen) atoms. The number of aliphatic imine (C=N–C) groups is 1. The standard InChI is InChI=1S/C16H10BrN3O3S/c17-12-3-1-10(2-4-12)14-9-24-16(19-14)18-8-11-7-13(20(22)23)5-6-15(11)21/h1-9,21H. The van der Waals surface area contributed by atoms with Gasteiger partial charge in [-0.15, -0.1) is 11.3 Å². The minimum Gasteiger partial charge on any atom is -0.507 e. The van der Waals surface area contributed by atoms with Crippen LogP contribution in [0.3, 0.4) is 0 Å². The Morgan fingerprint density at radius 1 is 1.25 bits per heavy atom. The molecule has 0 saturated carbocycles. The summed E-state index contributed by atoms with van der Waals surface area (Å²) in [5, 5.41) is 22.9. The van der Waals surface area contributed by atoms with E-state index in [2.05, 4.69) is 25.9 Å². The van der Waals surface area contributed by atoms with E-state index in [1.54, 1.807) is 0 Å². The number of aromatic nitrogens is 1. The third-order valence-corrected chi connectivity index (χ3v) is 4.45. The lowest BCUT2D eigenvalue weighted by Crippen LogP contribution is -1.90. The molecule has 8 heteroatoms. The first-order chi connectivity index (χ1) is 11.5. The Bertz CT molecular complexity index is 923. The van der Waals surface area contributed by atoms with Crippen LogP contribution in [0, 0.1) is 10.1 Å². The van der Waals surface area contributed by atoms with Gasteiger partial charge in [0.2, 0.25) is 5.13 Å². The lowest BCUT2D eigenvalue weighted by Gasteiger charge is -1.98. The molecule has 0 aliphatic carbocycles. The highest BCUT2D eigenvalue weighted by Crippen LogP contribution is 2.28. The summed E-state index contributed by atoms with van der Waals surface area (Å²) < 4.78 is 0.987. The summed E-state index contributed by atoms with van der Waals surface area (Å²) in [4.78, 5) is 18.9. The number of aromatic hydroxyl groups is 1. The first-order valence-corrected chi connectivity index (χ1v) is 8.43. The monoisotopic (exact) mass is 403 g/mol. The van der Waals surface area contributed by atoms with Crippen molar-refractivity contribution in [2.24, 2.45) is 4.99 Å². The minimum atomic E-state index is -0.522. The summed E-state index contributed by atoms with van der Waals surface area (Å²) in [6.45, 7) is 0. The Balaban J connectivity index is 1.84. The molecule has 1 aromatic heterocycles. The number of phenolic OH excluding ortho intramolecular Hbond substituents is 1. The van der Waals surface area contributed by atoms with E-state index in [-0.39, 0.29) is 17.0 Å². The van der Waals surface area contributed by atoms with Crippen LogP contribution in [0.1, 0.15) is 5.56 Å². The maximum Gasteiger partial charge on any atom is 0.270 e. The van der Waals surface area contributed by atoms with Crippen LogP contribution in [-0.2, 0) is 0 Å². The van der Waals surface area contributed by atoms with Crippen molar-refractivity contribution in [1.29, 1.82) is 0 Å². The van der Waals surface area contributed by atoms with E-state index in [0.29, 0.717) is 5.13 Å². The molecule has 2 aromatic carbocycles. The molecule has 0 aliphatic rings. The zero-order valence-corrected chi connectivity index (χ0v) is 14.5. The second-order valence-corrected chi connectivity index (χ2v) is 6.53. The predicted octanol–water partition coefficient (Wildman–Crippen LogP) is 4.94. The van der Waals surface area contributed by atoms with Gasteiger partial charge in [0, 0.05) is 39.3 Å². The Morgan fingerprint density at radius 2 is 2.00 bits per heavy atom. The average molecular weight is 404 g/mol. The zero-order valence-electron chi connectivity index (χ0n) is 12.1. The fourth-order valence-electron chi connectivity index (χ4n) is 1.96. The van der Waals surface area contributed by atoms with Crippen LogP contribution in [0.15, 0.2) is 57.3 Å². The van der Waals surface area contributed by atoms with Crippen molar-refractivity contribution in [3.63, 3.8) is 0 Å². The number of nitro benzene ring substituents is 1. The number of phenols is 1. The van der Waals surface area contributed by atoms with Crippen LogP contribution in [0.25, 0.3) is 11.3 Å². The van der Waals surface area contributed by atoms with Crippen molar-refractivity contribution >= 4 is 44.3 Å². The molecule has 0 amide bonds. The van der Waals surface area contributed by atoms with Crippen LogP contribution < -0.4 is 0 Å². The molecule has 0 radical (unpaired) electrons. The second-order valence-electron chi connectivity index (χ2n) is 4.78. The van der Waals surface area contributed by atoms with Gasteiger partial charge in [-0.3, -0.25) is 10.1 Å². The lowest BCUT2D eigenvalue weighted by molar-refractivity contribution is -0.384. The lowest BCUT2D eigenvalue weighted by atomic mass is 10.2. The number of non-ortho nitro benzene ring substituents is 1. The molecule has 0 bridgehead atoms. The van der Waals surface area contributed by atoms with E-state index in [0.717, 1.165) is 15.7 Å². The molecule has 0 spiro atoms. The summed E-state index contributed by atoms with van der Waals surface area (Å²) >= 11 is 4.73. The first-order valence-electron chi connectivity index (χ1n) is 6.76. The Kier molecular flexibility index (Phi) is 4.68. The maximum atomic E-state index is 10.8. The van der Waals surface area contributed by atoms with Crippen LogP contribution in [0.5, 0.6) is 5.75 Å². The van der Waals surface area contributed by atoms with Gasteiger partial charge in [-0.25, -0.2) is 9.98 Å². The molecule has 120 valence electrons. The maximum absolute atomic E-state index is 10.8. The predicted molar refractivity (Wildman–Crippen MR) is 97.3 cm³/mol. The number of hydrogen-bond acceptors (Lipinski definition) is 6. The normalized spacial score (nSPS) is 11.0.